The van der Waals surface area contributed by atoms with Crippen molar-refractivity contribution in [3.8, 4) is 0 Å². The van der Waals surface area contributed by atoms with Gasteiger partial charge < -0.3 is 4.90 Å². The molecule has 0 bridgehead atoms. The summed E-state index contributed by atoms with van der Waals surface area (Å²) < 4.78 is 1.73. The molecule has 1 saturated heterocycles. The van der Waals surface area contributed by atoms with Gasteiger partial charge in [-0.3, -0.25) is 4.79 Å². The molecule has 1 aliphatic rings. The Bertz CT molecular complexity index is 595. The monoisotopic (exact) mass is 277 g/mol. The average Bonchev–Trinajstić information content (AvgIpc) is 2.90. The van der Waals surface area contributed by atoms with E-state index in [1.807, 2.05) is 29.3 Å². The van der Waals surface area contributed by atoms with Gasteiger partial charge in [0.1, 0.15) is 0 Å². The minimum Gasteiger partial charge on any atom is -0.334 e. The third kappa shape index (κ3) is 2.21. The van der Waals surface area contributed by atoms with E-state index in [1.54, 1.807) is 10.7 Å². The molecule has 2 aromatic rings. The largest absolute Gasteiger partial charge is 0.334 e. The van der Waals surface area contributed by atoms with Crippen molar-refractivity contribution in [2.24, 2.45) is 0 Å². The number of halogens is 1. The number of carbonyl (C=O) groups excluding carboxylic acids is 1. The Labute approximate surface area is 117 Å². The zero-order valence-corrected chi connectivity index (χ0v) is 11.4. The summed E-state index contributed by atoms with van der Waals surface area (Å²) in [5, 5.41) is 4.22. The number of amides is 1. The summed E-state index contributed by atoms with van der Waals surface area (Å²) in [4.78, 5) is 14.6. The quantitative estimate of drug-likeness (QED) is 0.791. The number of piperidine rings is 1. The summed E-state index contributed by atoms with van der Waals surface area (Å²) in [6.07, 6.45) is 6.70. The highest BCUT2D eigenvalue weighted by Crippen LogP contribution is 2.22. The molecule has 0 aromatic carbocycles. The standard InChI is InChI=1S/C14H16ClN3O/c15-9-11-5-1-3-7-17(11)14(19)12-10-16-18-8-4-2-6-13(12)18/h2,4,6,8,10-11H,1,3,5,7,9H2. The SMILES string of the molecule is O=C(c1cnn2ccccc12)N1CCCCC1CCl. The van der Waals surface area contributed by atoms with Crippen LogP contribution in [0.25, 0.3) is 5.52 Å². The molecule has 100 valence electrons. The van der Waals surface area contributed by atoms with Crippen molar-refractivity contribution in [2.45, 2.75) is 25.3 Å². The lowest BCUT2D eigenvalue weighted by Gasteiger charge is -2.34. The van der Waals surface area contributed by atoms with E-state index in [-0.39, 0.29) is 11.9 Å². The predicted octanol–water partition coefficient (Wildman–Crippen LogP) is 2.57. The third-order valence-electron chi connectivity index (χ3n) is 3.72. The van der Waals surface area contributed by atoms with Crippen LogP contribution in [0.1, 0.15) is 29.6 Å². The van der Waals surface area contributed by atoms with Crippen molar-refractivity contribution in [2.75, 3.05) is 12.4 Å². The summed E-state index contributed by atoms with van der Waals surface area (Å²) in [6.45, 7) is 0.792. The fourth-order valence-electron chi connectivity index (χ4n) is 2.68. The van der Waals surface area contributed by atoms with Crippen molar-refractivity contribution in [1.29, 1.82) is 0 Å². The highest BCUT2D eigenvalue weighted by atomic mass is 35.5. The molecule has 1 aliphatic heterocycles. The van der Waals surface area contributed by atoms with Gasteiger partial charge in [-0.2, -0.15) is 5.10 Å². The van der Waals surface area contributed by atoms with Crippen LogP contribution in [0, 0.1) is 0 Å². The van der Waals surface area contributed by atoms with Gasteiger partial charge in [0.2, 0.25) is 0 Å². The molecule has 5 heteroatoms. The Hall–Kier alpha value is -1.55. The van der Waals surface area contributed by atoms with Crippen LogP contribution in [0.2, 0.25) is 0 Å². The molecule has 1 unspecified atom stereocenters. The van der Waals surface area contributed by atoms with Gasteiger partial charge in [0, 0.05) is 24.7 Å². The van der Waals surface area contributed by atoms with E-state index in [0.29, 0.717) is 11.4 Å². The van der Waals surface area contributed by atoms with Gasteiger partial charge in [0.05, 0.1) is 17.3 Å². The maximum absolute atomic E-state index is 12.7. The van der Waals surface area contributed by atoms with Crippen LogP contribution in [0.4, 0.5) is 0 Å². The first-order valence-electron chi connectivity index (χ1n) is 6.60. The molecular weight excluding hydrogens is 262 g/mol. The summed E-state index contributed by atoms with van der Waals surface area (Å²) in [6, 6.07) is 5.89. The lowest BCUT2D eigenvalue weighted by Crippen LogP contribution is -2.44. The Morgan fingerprint density at radius 1 is 1.42 bits per heavy atom. The zero-order valence-electron chi connectivity index (χ0n) is 10.6. The number of fused-ring (bicyclic) bond motifs is 1. The Balaban J connectivity index is 1.94. The molecule has 0 spiro atoms. The van der Waals surface area contributed by atoms with E-state index < -0.39 is 0 Å². The second-order valence-electron chi connectivity index (χ2n) is 4.89. The first-order valence-corrected chi connectivity index (χ1v) is 7.14. The molecule has 0 saturated carbocycles. The van der Waals surface area contributed by atoms with Crippen LogP contribution in [0.3, 0.4) is 0 Å². The van der Waals surface area contributed by atoms with E-state index in [1.165, 1.54) is 0 Å². The van der Waals surface area contributed by atoms with Gasteiger partial charge in [-0.15, -0.1) is 11.6 Å². The van der Waals surface area contributed by atoms with Crippen LogP contribution in [-0.4, -0.2) is 38.9 Å². The maximum atomic E-state index is 12.7. The number of hydrogen-bond acceptors (Lipinski definition) is 2. The Morgan fingerprint density at radius 3 is 3.16 bits per heavy atom. The van der Waals surface area contributed by atoms with Crippen molar-refractivity contribution >= 4 is 23.0 Å². The molecular formula is C14H16ClN3O. The van der Waals surface area contributed by atoms with Gasteiger partial charge >= 0.3 is 0 Å². The summed E-state index contributed by atoms with van der Waals surface area (Å²) in [5.74, 6) is 0.553. The molecule has 3 heterocycles. The fraction of sp³-hybridized carbons (Fsp3) is 0.429. The van der Waals surface area contributed by atoms with Gasteiger partial charge in [0.15, 0.2) is 0 Å². The van der Waals surface area contributed by atoms with Crippen molar-refractivity contribution < 1.29 is 4.79 Å². The van der Waals surface area contributed by atoms with Crippen LogP contribution in [0.15, 0.2) is 30.6 Å². The molecule has 0 radical (unpaired) electrons. The van der Waals surface area contributed by atoms with E-state index in [2.05, 4.69) is 5.10 Å². The number of rotatable bonds is 2. The first-order chi connectivity index (χ1) is 9.31. The second kappa shape index (κ2) is 5.21. The molecule has 1 amide bonds. The highest BCUT2D eigenvalue weighted by molar-refractivity contribution is 6.18. The van der Waals surface area contributed by atoms with Crippen LogP contribution in [0.5, 0.6) is 0 Å². The van der Waals surface area contributed by atoms with Crippen molar-refractivity contribution in [3.05, 3.63) is 36.2 Å². The lowest BCUT2D eigenvalue weighted by atomic mass is 10.0. The number of likely N-dealkylation sites (tertiary alicyclic amines) is 1. The smallest absolute Gasteiger partial charge is 0.257 e. The zero-order chi connectivity index (χ0) is 13.2. The Morgan fingerprint density at radius 2 is 2.32 bits per heavy atom. The second-order valence-corrected chi connectivity index (χ2v) is 5.20. The van der Waals surface area contributed by atoms with Gasteiger partial charge in [-0.05, 0) is 31.4 Å². The van der Waals surface area contributed by atoms with E-state index >= 15 is 0 Å². The number of aromatic nitrogens is 2. The molecule has 1 fully saturated rings. The van der Waals surface area contributed by atoms with Crippen molar-refractivity contribution in [3.63, 3.8) is 0 Å². The van der Waals surface area contributed by atoms with Crippen molar-refractivity contribution in [1.82, 2.24) is 14.5 Å². The highest BCUT2D eigenvalue weighted by Gasteiger charge is 2.28. The normalized spacial score (nSPS) is 19.8. The minimum absolute atomic E-state index is 0.0477. The topological polar surface area (TPSA) is 37.6 Å². The average molecular weight is 278 g/mol. The summed E-state index contributed by atoms with van der Waals surface area (Å²) >= 11 is 5.98. The third-order valence-corrected chi connectivity index (χ3v) is 4.08. The van der Waals surface area contributed by atoms with Crippen LogP contribution < -0.4 is 0 Å². The lowest BCUT2D eigenvalue weighted by molar-refractivity contribution is 0.0641. The van der Waals surface area contributed by atoms with Gasteiger partial charge in [-0.1, -0.05) is 6.07 Å². The molecule has 4 nitrogen and oxygen atoms in total. The van der Waals surface area contributed by atoms with Crippen LogP contribution in [-0.2, 0) is 0 Å². The molecule has 3 rings (SSSR count). The predicted molar refractivity (Wildman–Crippen MR) is 74.6 cm³/mol. The molecule has 0 aliphatic carbocycles. The molecule has 0 N–H and O–H groups in total. The number of nitrogens with zero attached hydrogens (tertiary/aromatic N) is 3. The maximum Gasteiger partial charge on any atom is 0.257 e. The molecule has 19 heavy (non-hydrogen) atoms. The van der Waals surface area contributed by atoms with E-state index in [9.17, 15) is 4.79 Å². The Kier molecular flexibility index (Phi) is 3.42. The summed E-state index contributed by atoms with van der Waals surface area (Å²) in [5.41, 5.74) is 1.52. The minimum atomic E-state index is 0.0477. The fourth-order valence-corrected chi connectivity index (χ4v) is 3.00. The van der Waals surface area contributed by atoms with Crippen LogP contribution >= 0.6 is 11.6 Å². The number of hydrogen-bond donors (Lipinski definition) is 0. The summed E-state index contributed by atoms with van der Waals surface area (Å²) in [7, 11) is 0. The molecule has 2 aromatic heterocycles. The number of alkyl halides is 1. The van der Waals surface area contributed by atoms with E-state index in [4.69, 9.17) is 11.6 Å². The number of pyridine rings is 1. The number of carbonyl (C=O) groups is 1. The van der Waals surface area contributed by atoms with E-state index in [0.717, 1.165) is 31.3 Å². The molecule has 1 atom stereocenters. The first kappa shape index (κ1) is 12.5. The van der Waals surface area contributed by atoms with Gasteiger partial charge in [-0.25, -0.2) is 4.52 Å². The van der Waals surface area contributed by atoms with Gasteiger partial charge in [0.25, 0.3) is 5.91 Å².